The predicted molar refractivity (Wildman–Crippen MR) is 107 cm³/mol. The molecule has 138 valence electrons. The van der Waals surface area contributed by atoms with Gasteiger partial charge in [0, 0.05) is 24.7 Å². The summed E-state index contributed by atoms with van der Waals surface area (Å²) < 4.78 is 7.66. The number of aromatic nitrogens is 1. The average Bonchev–Trinajstić information content (AvgIpc) is 2.71. The number of hydrogen-bond acceptors (Lipinski definition) is 6. The number of ether oxygens (including phenoxy) is 1. The van der Waals surface area contributed by atoms with Gasteiger partial charge in [0.05, 0.1) is 40.6 Å². The van der Waals surface area contributed by atoms with Crippen LogP contribution in [-0.2, 0) is 4.74 Å². The van der Waals surface area contributed by atoms with Crippen LogP contribution in [-0.4, -0.2) is 46.7 Å². The number of pyridine rings is 1. The molecule has 0 unspecified atom stereocenters. The third-order valence-corrected chi connectivity index (χ3v) is 5.48. The molecule has 2 aromatic carbocycles. The van der Waals surface area contributed by atoms with Crippen LogP contribution < -0.4 is 5.32 Å². The Morgan fingerprint density at radius 3 is 2.67 bits per heavy atom. The van der Waals surface area contributed by atoms with Crippen molar-refractivity contribution in [2.75, 3.05) is 31.6 Å². The van der Waals surface area contributed by atoms with Gasteiger partial charge in [-0.25, -0.2) is 9.10 Å². The van der Waals surface area contributed by atoms with Crippen molar-refractivity contribution in [3.63, 3.8) is 0 Å². The first-order valence-corrected chi connectivity index (χ1v) is 9.47. The maximum atomic E-state index is 11.6. The molecule has 4 rings (SSSR count). The van der Waals surface area contributed by atoms with Crippen LogP contribution in [0.2, 0.25) is 0 Å². The van der Waals surface area contributed by atoms with Crippen LogP contribution in [0, 0.1) is 0 Å². The van der Waals surface area contributed by atoms with Gasteiger partial charge in [0.1, 0.15) is 0 Å². The number of carboxylic acids is 1. The smallest absolute Gasteiger partial charge is 0.337 e. The van der Waals surface area contributed by atoms with Gasteiger partial charge in [-0.05, 0) is 30.1 Å². The van der Waals surface area contributed by atoms with Crippen molar-refractivity contribution in [2.24, 2.45) is 0 Å². The van der Waals surface area contributed by atoms with E-state index < -0.39 is 5.97 Å². The third-order valence-electron chi connectivity index (χ3n) is 4.36. The van der Waals surface area contributed by atoms with Gasteiger partial charge >= 0.3 is 5.97 Å². The van der Waals surface area contributed by atoms with E-state index in [-0.39, 0.29) is 5.56 Å². The molecule has 0 bridgehead atoms. The lowest BCUT2D eigenvalue weighted by atomic mass is 10.1. The molecule has 0 atom stereocenters. The molecule has 0 aliphatic carbocycles. The van der Waals surface area contributed by atoms with Gasteiger partial charge in [-0.3, -0.25) is 4.98 Å². The molecule has 0 radical (unpaired) electrons. The molecule has 0 amide bonds. The first kappa shape index (κ1) is 17.8. The second kappa shape index (κ2) is 7.96. The van der Waals surface area contributed by atoms with Crippen LogP contribution in [0.3, 0.4) is 0 Å². The lowest BCUT2D eigenvalue weighted by molar-refractivity contribution is 0.0698. The lowest BCUT2D eigenvalue weighted by Crippen LogP contribution is -2.31. The Morgan fingerprint density at radius 1 is 1.11 bits per heavy atom. The van der Waals surface area contributed by atoms with Crippen molar-refractivity contribution in [1.82, 2.24) is 9.29 Å². The number of carbonyl (C=O) groups is 1. The number of fused-ring (bicyclic) bond motifs is 1. The van der Waals surface area contributed by atoms with Crippen LogP contribution >= 0.6 is 11.9 Å². The number of para-hydroxylation sites is 2. The Kier molecular flexibility index (Phi) is 5.24. The number of morpholine rings is 1. The highest BCUT2D eigenvalue weighted by molar-refractivity contribution is 7.97. The van der Waals surface area contributed by atoms with E-state index in [1.165, 1.54) is 0 Å². The van der Waals surface area contributed by atoms with Gasteiger partial charge in [-0.2, -0.15) is 0 Å². The quantitative estimate of drug-likeness (QED) is 0.647. The summed E-state index contributed by atoms with van der Waals surface area (Å²) in [6, 6.07) is 14.8. The van der Waals surface area contributed by atoms with Gasteiger partial charge in [-0.15, -0.1) is 0 Å². The van der Waals surface area contributed by atoms with E-state index in [0.29, 0.717) is 18.9 Å². The van der Waals surface area contributed by atoms with Gasteiger partial charge in [0.25, 0.3) is 0 Å². The summed E-state index contributed by atoms with van der Waals surface area (Å²) in [5.41, 5.74) is 2.52. The Labute approximate surface area is 161 Å². The number of rotatable bonds is 5. The van der Waals surface area contributed by atoms with E-state index in [2.05, 4.69) is 14.6 Å². The third kappa shape index (κ3) is 3.90. The molecule has 6 nitrogen and oxygen atoms in total. The molecule has 27 heavy (non-hydrogen) atoms. The SMILES string of the molecule is O=C(O)c1ccccc1Nc1c(SN2CCOCC2)cnc2ccccc12. The normalized spacial score (nSPS) is 15.0. The molecule has 1 aliphatic heterocycles. The van der Waals surface area contributed by atoms with Gasteiger partial charge < -0.3 is 15.2 Å². The summed E-state index contributed by atoms with van der Waals surface area (Å²) in [5.74, 6) is -0.959. The summed E-state index contributed by atoms with van der Waals surface area (Å²) >= 11 is 1.62. The highest BCUT2D eigenvalue weighted by Gasteiger charge is 2.18. The molecule has 1 aliphatic rings. The van der Waals surface area contributed by atoms with Crippen molar-refractivity contribution < 1.29 is 14.6 Å². The van der Waals surface area contributed by atoms with Crippen molar-refractivity contribution in [3.8, 4) is 0 Å². The number of benzene rings is 2. The van der Waals surface area contributed by atoms with Crippen molar-refractivity contribution >= 4 is 40.2 Å². The van der Waals surface area contributed by atoms with Crippen LogP contribution in [0.15, 0.2) is 59.6 Å². The summed E-state index contributed by atoms with van der Waals surface area (Å²) in [6.45, 7) is 3.09. The number of hydrogen-bond donors (Lipinski definition) is 2. The summed E-state index contributed by atoms with van der Waals surface area (Å²) in [7, 11) is 0. The topological polar surface area (TPSA) is 74.7 Å². The molecule has 2 heterocycles. The van der Waals surface area contributed by atoms with Crippen LogP contribution in [0.1, 0.15) is 10.4 Å². The Bertz CT molecular complexity index is 974. The first-order valence-electron chi connectivity index (χ1n) is 8.70. The van der Waals surface area contributed by atoms with Crippen LogP contribution in [0.4, 0.5) is 11.4 Å². The van der Waals surface area contributed by atoms with E-state index in [1.807, 2.05) is 36.5 Å². The maximum absolute atomic E-state index is 11.6. The van der Waals surface area contributed by atoms with Crippen LogP contribution in [0.5, 0.6) is 0 Å². The number of carboxylic acid groups (broad SMARTS) is 1. The number of nitrogens with one attached hydrogen (secondary N) is 1. The molecular formula is C20H19N3O3S. The van der Waals surface area contributed by atoms with Crippen LogP contribution in [0.25, 0.3) is 10.9 Å². The van der Waals surface area contributed by atoms with E-state index in [0.717, 1.165) is 34.6 Å². The maximum Gasteiger partial charge on any atom is 0.337 e. The molecule has 1 saturated heterocycles. The van der Waals surface area contributed by atoms with E-state index in [9.17, 15) is 9.90 Å². The van der Waals surface area contributed by atoms with Crippen molar-refractivity contribution in [1.29, 1.82) is 0 Å². The zero-order valence-electron chi connectivity index (χ0n) is 14.6. The second-order valence-electron chi connectivity index (χ2n) is 6.12. The molecule has 3 aromatic rings. The molecule has 1 fully saturated rings. The minimum Gasteiger partial charge on any atom is -0.478 e. The molecule has 0 spiro atoms. The summed E-state index contributed by atoms with van der Waals surface area (Å²) in [6.07, 6.45) is 1.84. The molecule has 7 heteroatoms. The second-order valence-corrected chi connectivity index (χ2v) is 7.26. The Balaban J connectivity index is 1.77. The lowest BCUT2D eigenvalue weighted by Gasteiger charge is -2.26. The monoisotopic (exact) mass is 381 g/mol. The van der Waals surface area contributed by atoms with Crippen molar-refractivity contribution in [3.05, 3.63) is 60.3 Å². The van der Waals surface area contributed by atoms with Gasteiger partial charge in [0.15, 0.2) is 0 Å². The minimum absolute atomic E-state index is 0.237. The van der Waals surface area contributed by atoms with Gasteiger partial charge in [0.2, 0.25) is 0 Å². The fourth-order valence-electron chi connectivity index (χ4n) is 3.01. The summed E-state index contributed by atoms with van der Waals surface area (Å²) in [4.78, 5) is 17.1. The molecular weight excluding hydrogens is 362 g/mol. The van der Waals surface area contributed by atoms with E-state index in [4.69, 9.17) is 4.74 Å². The fourth-order valence-corrected chi connectivity index (χ4v) is 3.97. The van der Waals surface area contributed by atoms with E-state index in [1.54, 1.807) is 30.1 Å². The zero-order chi connectivity index (χ0) is 18.6. The first-order chi connectivity index (χ1) is 13.2. The molecule has 1 aromatic heterocycles. The standard InChI is InChI=1S/C20H19N3O3S/c24-20(25)15-6-2-4-8-17(15)22-19-14-5-1-3-7-16(14)21-13-18(19)27-23-9-11-26-12-10-23/h1-8,13H,9-12H2,(H,21,22)(H,24,25). The molecule has 2 N–H and O–H groups in total. The zero-order valence-corrected chi connectivity index (χ0v) is 15.4. The highest BCUT2D eigenvalue weighted by atomic mass is 32.2. The fraction of sp³-hybridized carbons (Fsp3) is 0.200. The number of nitrogens with zero attached hydrogens (tertiary/aromatic N) is 2. The van der Waals surface area contributed by atoms with Gasteiger partial charge in [-0.1, -0.05) is 30.3 Å². The number of aromatic carboxylic acids is 1. The largest absolute Gasteiger partial charge is 0.478 e. The predicted octanol–water partition coefficient (Wildman–Crippen LogP) is 4.02. The highest BCUT2D eigenvalue weighted by Crippen LogP contribution is 2.37. The Hall–Kier alpha value is -2.61. The van der Waals surface area contributed by atoms with E-state index >= 15 is 0 Å². The number of anilines is 2. The molecule has 0 saturated carbocycles. The average molecular weight is 381 g/mol. The van der Waals surface area contributed by atoms with Crippen molar-refractivity contribution in [2.45, 2.75) is 4.90 Å². The minimum atomic E-state index is -0.959. The Morgan fingerprint density at radius 2 is 1.85 bits per heavy atom. The summed E-state index contributed by atoms with van der Waals surface area (Å²) in [5, 5.41) is 13.8.